The van der Waals surface area contributed by atoms with Crippen LogP contribution in [0.5, 0.6) is 0 Å². The first-order valence-electron chi connectivity index (χ1n) is 8.06. The Morgan fingerprint density at radius 1 is 1.12 bits per heavy atom. The number of nitrogens with one attached hydrogen (secondary N) is 1. The lowest BCUT2D eigenvalue weighted by Crippen LogP contribution is -2.18. The van der Waals surface area contributed by atoms with E-state index in [9.17, 15) is 18.5 Å². The summed E-state index contributed by atoms with van der Waals surface area (Å²) in [5.74, 6) is 0. The molecule has 0 aromatic heterocycles. The van der Waals surface area contributed by atoms with Crippen LogP contribution in [0.2, 0.25) is 0 Å². The molecule has 7 nitrogen and oxygen atoms in total. The van der Waals surface area contributed by atoms with E-state index in [2.05, 4.69) is 22.4 Å². The summed E-state index contributed by atoms with van der Waals surface area (Å²) in [6, 6.07) is 12.2. The zero-order chi connectivity index (χ0) is 18.7. The fraction of sp³-hybridized carbons (Fsp3) is 0.222. The Morgan fingerprint density at radius 2 is 1.77 bits per heavy atom. The van der Waals surface area contributed by atoms with E-state index in [1.165, 1.54) is 18.2 Å². The second-order valence-corrected chi connectivity index (χ2v) is 8.06. The van der Waals surface area contributed by atoms with Gasteiger partial charge in [-0.05, 0) is 29.8 Å². The van der Waals surface area contributed by atoms with Crippen LogP contribution in [-0.2, 0) is 16.4 Å². The van der Waals surface area contributed by atoms with Crippen molar-refractivity contribution in [1.82, 2.24) is 0 Å². The van der Waals surface area contributed by atoms with Crippen molar-refractivity contribution in [2.24, 2.45) is 0 Å². The van der Waals surface area contributed by atoms with Crippen molar-refractivity contribution in [2.45, 2.75) is 11.4 Å². The lowest BCUT2D eigenvalue weighted by atomic mass is 10.2. The van der Waals surface area contributed by atoms with Gasteiger partial charge in [-0.3, -0.25) is 10.1 Å². The predicted octanol–water partition coefficient (Wildman–Crippen LogP) is 2.99. The van der Waals surface area contributed by atoms with Gasteiger partial charge in [0.15, 0.2) is 9.84 Å². The zero-order valence-electron chi connectivity index (χ0n) is 14.3. The van der Waals surface area contributed by atoms with Crippen molar-refractivity contribution in [3.05, 3.63) is 70.3 Å². The van der Waals surface area contributed by atoms with Gasteiger partial charge in [-0.15, -0.1) is 0 Å². The third-order valence-electron chi connectivity index (χ3n) is 4.18. The molecule has 1 N–H and O–H groups in total. The number of nitro benzene ring substituents is 1. The van der Waals surface area contributed by atoms with Crippen molar-refractivity contribution < 1.29 is 13.3 Å². The third-order valence-corrected chi connectivity index (χ3v) is 5.31. The average molecular weight is 373 g/mol. The van der Waals surface area contributed by atoms with Gasteiger partial charge in [0.05, 0.1) is 4.92 Å². The van der Waals surface area contributed by atoms with Crippen LogP contribution in [0.4, 0.5) is 17.1 Å². The van der Waals surface area contributed by atoms with Gasteiger partial charge in [-0.2, -0.15) is 0 Å². The second kappa shape index (κ2) is 7.17. The second-order valence-electron chi connectivity index (χ2n) is 6.08. The minimum absolute atomic E-state index is 0.186. The fourth-order valence-electron chi connectivity index (χ4n) is 2.86. The summed E-state index contributed by atoms with van der Waals surface area (Å²) in [6.07, 6.45) is 5.19. The van der Waals surface area contributed by atoms with Gasteiger partial charge in [0, 0.05) is 31.6 Å². The molecule has 2 aromatic rings. The highest BCUT2D eigenvalue weighted by atomic mass is 32.2. The minimum Gasteiger partial charge on any atom is -0.375 e. The molecule has 0 spiro atoms. The monoisotopic (exact) mass is 373 g/mol. The molecule has 8 heteroatoms. The number of nitro groups is 1. The van der Waals surface area contributed by atoms with Gasteiger partial charge >= 0.3 is 5.69 Å². The van der Waals surface area contributed by atoms with Crippen LogP contribution in [0.15, 0.2) is 59.5 Å². The van der Waals surface area contributed by atoms with Crippen LogP contribution in [0.3, 0.4) is 0 Å². The molecule has 0 fully saturated rings. The van der Waals surface area contributed by atoms with Crippen LogP contribution in [0, 0.1) is 10.1 Å². The number of hydrogen-bond acceptors (Lipinski definition) is 6. The topological polar surface area (TPSA) is 92.6 Å². The number of rotatable bonds is 6. The number of benzene rings is 2. The van der Waals surface area contributed by atoms with Crippen LogP contribution < -0.4 is 10.2 Å². The van der Waals surface area contributed by atoms with E-state index in [4.69, 9.17) is 0 Å². The molecule has 1 aliphatic rings. The molecule has 136 valence electrons. The molecular formula is C18H19N3O4S. The molecule has 0 amide bonds. The highest BCUT2D eigenvalue weighted by Gasteiger charge is 2.25. The third kappa shape index (κ3) is 3.85. The molecule has 0 unspecified atom stereocenters. The molecular weight excluding hydrogens is 354 g/mol. The first-order valence-corrected chi connectivity index (χ1v) is 9.95. The Balaban J connectivity index is 1.78. The molecule has 26 heavy (non-hydrogen) atoms. The van der Waals surface area contributed by atoms with Gasteiger partial charge in [-0.1, -0.05) is 30.4 Å². The maximum Gasteiger partial charge on any atom is 0.310 e. The maximum atomic E-state index is 11.8. The zero-order valence-corrected chi connectivity index (χ0v) is 15.1. The Morgan fingerprint density at radius 3 is 2.35 bits per heavy atom. The maximum absolute atomic E-state index is 11.8. The van der Waals surface area contributed by atoms with Gasteiger partial charge in [0.25, 0.3) is 0 Å². The summed E-state index contributed by atoms with van der Waals surface area (Å²) in [7, 11) is -3.69. The summed E-state index contributed by atoms with van der Waals surface area (Å²) >= 11 is 0. The van der Waals surface area contributed by atoms with E-state index in [1.807, 2.05) is 24.3 Å². The molecule has 0 bridgehead atoms. The van der Waals surface area contributed by atoms with Crippen molar-refractivity contribution in [3.63, 3.8) is 0 Å². The highest BCUT2D eigenvalue weighted by Crippen LogP contribution is 2.32. The predicted molar refractivity (Wildman–Crippen MR) is 101 cm³/mol. The van der Waals surface area contributed by atoms with Crippen LogP contribution >= 0.6 is 0 Å². The lowest BCUT2D eigenvalue weighted by molar-refractivity contribution is -0.386. The van der Waals surface area contributed by atoms with Crippen molar-refractivity contribution in [2.75, 3.05) is 29.6 Å². The molecule has 0 saturated carbocycles. The van der Waals surface area contributed by atoms with Crippen molar-refractivity contribution in [1.29, 1.82) is 0 Å². The number of hydrogen-bond donors (Lipinski definition) is 1. The first-order chi connectivity index (χ1) is 12.4. The average Bonchev–Trinajstić information content (AvgIpc) is 3.13. The van der Waals surface area contributed by atoms with E-state index >= 15 is 0 Å². The molecule has 0 aliphatic carbocycles. The molecule has 0 saturated heterocycles. The van der Waals surface area contributed by atoms with E-state index in [0.29, 0.717) is 6.54 Å². The Hall–Kier alpha value is -2.87. The minimum atomic E-state index is -3.69. The molecule has 1 aliphatic heterocycles. The van der Waals surface area contributed by atoms with Crippen LogP contribution in [-0.4, -0.2) is 32.7 Å². The van der Waals surface area contributed by atoms with Crippen molar-refractivity contribution >= 4 is 26.9 Å². The van der Waals surface area contributed by atoms with Crippen molar-refractivity contribution in [3.8, 4) is 0 Å². The van der Waals surface area contributed by atoms with E-state index in [0.717, 1.165) is 30.6 Å². The number of nitrogens with zero attached hydrogens (tertiary/aromatic N) is 2. The standard InChI is InChI=1S/C18H19N3O4S/c1-26(24,25)17-6-4-5-16(18(17)21(22)23)19-13-14-7-9-15(10-8-14)20-11-2-3-12-20/h2-10,19H,11-13H2,1H3. The van der Waals surface area contributed by atoms with Gasteiger partial charge < -0.3 is 10.2 Å². The Labute approximate surface area is 152 Å². The first kappa shape index (κ1) is 17.9. The highest BCUT2D eigenvalue weighted by molar-refractivity contribution is 7.90. The SMILES string of the molecule is CS(=O)(=O)c1cccc(NCc2ccc(N3CC=CC3)cc2)c1[N+](=O)[O-]. The normalized spacial score (nSPS) is 13.8. The largest absolute Gasteiger partial charge is 0.375 e. The van der Waals surface area contributed by atoms with Gasteiger partial charge in [0.2, 0.25) is 0 Å². The Bertz CT molecular complexity index is 945. The molecule has 0 atom stereocenters. The van der Waals surface area contributed by atoms with E-state index < -0.39 is 20.4 Å². The van der Waals surface area contributed by atoms with E-state index in [1.54, 1.807) is 0 Å². The van der Waals surface area contributed by atoms with E-state index in [-0.39, 0.29) is 10.6 Å². The summed E-state index contributed by atoms with van der Waals surface area (Å²) in [6.45, 7) is 2.14. The molecule has 2 aromatic carbocycles. The molecule has 3 rings (SSSR count). The number of anilines is 2. The fourth-order valence-corrected chi connectivity index (χ4v) is 3.72. The van der Waals surface area contributed by atoms with Gasteiger partial charge in [-0.25, -0.2) is 8.42 Å². The summed E-state index contributed by atoms with van der Waals surface area (Å²) in [4.78, 5) is 12.6. The summed E-state index contributed by atoms with van der Waals surface area (Å²) in [5.41, 5.74) is 1.82. The Kier molecular flexibility index (Phi) is 4.94. The number of para-hydroxylation sites is 1. The summed E-state index contributed by atoms with van der Waals surface area (Å²) in [5, 5.41) is 14.4. The summed E-state index contributed by atoms with van der Waals surface area (Å²) < 4.78 is 23.6. The quantitative estimate of drug-likeness (QED) is 0.475. The smallest absolute Gasteiger partial charge is 0.310 e. The number of sulfone groups is 1. The van der Waals surface area contributed by atoms with Gasteiger partial charge in [0.1, 0.15) is 10.6 Å². The molecule has 1 heterocycles. The van der Waals surface area contributed by atoms with Crippen LogP contribution in [0.1, 0.15) is 5.56 Å². The molecule has 0 radical (unpaired) electrons. The lowest BCUT2D eigenvalue weighted by Gasteiger charge is -2.18. The van der Waals surface area contributed by atoms with Crippen LogP contribution in [0.25, 0.3) is 0 Å².